The number of amides is 1. The second-order valence-corrected chi connectivity index (χ2v) is 5.34. The third kappa shape index (κ3) is 2.10. The molecule has 0 aliphatic carbocycles. The minimum Gasteiger partial charge on any atom is -0.293 e. The largest absolute Gasteiger partial charge is 0.293 e. The SMILES string of the molecule is Cc1sc2nc(NC(=O)CCBr)nn2c1C. The van der Waals surface area contributed by atoms with Crippen LogP contribution >= 0.6 is 27.3 Å². The molecule has 0 aromatic carbocycles. The van der Waals surface area contributed by atoms with Gasteiger partial charge in [0.15, 0.2) is 0 Å². The van der Waals surface area contributed by atoms with Gasteiger partial charge in [0.2, 0.25) is 16.8 Å². The number of carbonyl (C=O) groups is 1. The lowest BCUT2D eigenvalue weighted by molar-refractivity contribution is -0.115. The molecule has 1 amide bonds. The highest BCUT2D eigenvalue weighted by Crippen LogP contribution is 2.21. The van der Waals surface area contributed by atoms with Crippen LogP contribution in [-0.4, -0.2) is 25.8 Å². The summed E-state index contributed by atoms with van der Waals surface area (Å²) in [5.74, 6) is 0.296. The van der Waals surface area contributed by atoms with Crippen LogP contribution in [-0.2, 0) is 4.79 Å². The Morgan fingerprint density at radius 1 is 1.56 bits per heavy atom. The lowest BCUT2D eigenvalue weighted by Gasteiger charge is -1.96. The Hall–Kier alpha value is -0.950. The summed E-state index contributed by atoms with van der Waals surface area (Å²) >= 11 is 4.78. The summed E-state index contributed by atoms with van der Waals surface area (Å²) in [5, 5.41) is 7.52. The van der Waals surface area contributed by atoms with Crippen LogP contribution in [0.3, 0.4) is 0 Å². The zero-order valence-electron chi connectivity index (χ0n) is 8.95. The van der Waals surface area contributed by atoms with E-state index in [0.717, 1.165) is 10.7 Å². The molecule has 2 heterocycles. The monoisotopic (exact) mass is 302 g/mol. The van der Waals surface area contributed by atoms with Gasteiger partial charge >= 0.3 is 0 Å². The van der Waals surface area contributed by atoms with Crippen LogP contribution in [0, 0.1) is 13.8 Å². The number of alkyl halides is 1. The van der Waals surface area contributed by atoms with Crippen LogP contribution in [0.15, 0.2) is 0 Å². The van der Waals surface area contributed by atoms with Gasteiger partial charge in [0.25, 0.3) is 0 Å². The molecule has 0 radical (unpaired) electrons. The maximum Gasteiger partial charge on any atom is 0.250 e. The quantitative estimate of drug-likeness (QED) is 0.884. The average molecular weight is 303 g/mol. The summed E-state index contributed by atoms with van der Waals surface area (Å²) in [7, 11) is 0. The molecule has 0 aliphatic heterocycles. The Labute approximate surface area is 105 Å². The van der Waals surface area contributed by atoms with Gasteiger partial charge in [-0.3, -0.25) is 10.1 Å². The lowest BCUT2D eigenvalue weighted by atomic mass is 10.4. The molecule has 2 aromatic rings. The Balaban J connectivity index is 2.24. The molecule has 0 atom stereocenters. The molecule has 0 saturated carbocycles. The van der Waals surface area contributed by atoms with Crippen LogP contribution in [0.1, 0.15) is 17.0 Å². The molecule has 2 aromatic heterocycles. The predicted octanol–water partition coefficient (Wildman–Crippen LogP) is 2.13. The molecule has 16 heavy (non-hydrogen) atoms. The van der Waals surface area contributed by atoms with E-state index >= 15 is 0 Å². The Morgan fingerprint density at radius 2 is 2.31 bits per heavy atom. The van der Waals surface area contributed by atoms with Gasteiger partial charge in [-0.1, -0.05) is 27.3 Å². The van der Waals surface area contributed by atoms with Crippen molar-refractivity contribution in [2.75, 3.05) is 10.6 Å². The molecule has 86 valence electrons. The van der Waals surface area contributed by atoms with Crippen molar-refractivity contribution in [2.24, 2.45) is 0 Å². The Bertz CT molecular complexity index is 533. The van der Waals surface area contributed by atoms with Gasteiger partial charge in [0.05, 0.1) is 5.69 Å². The first-order valence-corrected chi connectivity index (χ1v) is 6.74. The molecule has 0 unspecified atom stereocenters. The molecular formula is C9H11BrN4OS. The number of hydrogen-bond acceptors (Lipinski definition) is 4. The number of rotatable bonds is 3. The fourth-order valence-corrected chi connectivity index (χ4v) is 2.53. The third-order valence-corrected chi connectivity index (χ3v) is 3.67. The number of halogens is 1. The Morgan fingerprint density at radius 3 is 2.94 bits per heavy atom. The van der Waals surface area contributed by atoms with Gasteiger partial charge < -0.3 is 0 Å². The van der Waals surface area contributed by atoms with Crippen molar-refractivity contribution >= 4 is 44.1 Å². The minimum absolute atomic E-state index is 0.0792. The summed E-state index contributed by atoms with van der Waals surface area (Å²) in [6.07, 6.45) is 0.421. The van der Waals surface area contributed by atoms with Crippen molar-refractivity contribution in [3.05, 3.63) is 10.6 Å². The predicted molar refractivity (Wildman–Crippen MR) is 67.4 cm³/mol. The molecule has 1 N–H and O–H groups in total. The summed E-state index contributed by atoms with van der Waals surface area (Å²) in [4.78, 5) is 17.6. The van der Waals surface area contributed by atoms with Gasteiger partial charge in [-0.05, 0) is 13.8 Å². The third-order valence-electron chi connectivity index (χ3n) is 2.22. The summed E-state index contributed by atoms with van der Waals surface area (Å²) in [6.45, 7) is 4.01. The van der Waals surface area contributed by atoms with Crippen molar-refractivity contribution in [1.29, 1.82) is 0 Å². The number of hydrogen-bond donors (Lipinski definition) is 1. The molecule has 2 rings (SSSR count). The van der Waals surface area contributed by atoms with Crippen molar-refractivity contribution in [3.8, 4) is 0 Å². The molecule has 0 spiro atoms. The van der Waals surface area contributed by atoms with Crippen molar-refractivity contribution < 1.29 is 4.79 Å². The number of aryl methyl sites for hydroxylation is 2. The molecule has 0 saturated heterocycles. The molecule has 0 bridgehead atoms. The van der Waals surface area contributed by atoms with Gasteiger partial charge in [-0.25, -0.2) is 4.52 Å². The van der Waals surface area contributed by atoms with E-state index in [2.05, 4.69) is 31.3 Å². The summed E-state index contributed by atoms with van der Waals surface area (Å²) in [6, 6.07) is 0. The number of aromatic nitrogens is 3. The topological polar surface area (TPSA) is 59.3 Å². The van der Waals surface area contributed by atoms with Gasteiger partial charge in [0.1, 0.15) is 0 Å². The standard InChI is InChI=1S/C9H11BrN4OS/c1-5-6(2)16-9-12-8(13-14(5)9)11-7(15)3-4-10/h3-4H2,1-2H3,(H,11,13,15). The van der Waals surface area contributed by atoms with E-state index in [1.165, 1.54) is 4.88 Å². The number of fused-ring (bicyclic) bond motifs is 1. The van der Waals surface area contributed by atoms with E-state index in [9.17, 15) is 4.79 Å². The fraction of sp³-hybridized carbons (Fsp3) is 0.444. The van der Waals surface area contributed by atoms with Crippen molar-refractivity contribution in [2.45, 2.75) is 20.3 Å². The average Bonchev–Trinajstić information content (AvgIpc) is 2.69. The van der Waals surface area contributed by atoms with Gasteiger partial charge in [-0.15, -0.1) is 5.10 Å². The van der Waals surface area contributed by atoms with Crippen molar-refractivity contribution in [3.63, 3.8) is 0 Å². The number of carbonyl (C=O) groups excluding carboxylic acids is 1. The number of nitrogens with one attached hydrogen (secondary N) is 1. The molecule has 5 nitrogen and oxygen atoms in total. The van der Waals surface area contributed by atoms with Crippen LogP contribution in [0.4, 0.5) is 5.95 Å². The Kier molecular flexibility index (Phi) is 3.25. The number of nitrogens with zero attached hydrogens (tertiary/aromatic N) is 3. The first kappa shape index (κ1) is 11.5. The van der Waals surface area contributed by atoms with E-state index in [0.29, 0.717) is 17.7 Å². The van der Waals surface area contributed by atoms with E-state index < -0.39 is 0 Å². The number of anilines is 1. The number of thiazole rings is 1. The lowest BCUT2D eigenvalue weighted by Crippen LogP contribution is -2.12. The van der Waals surface area contributed by atoms with Crippen LogP contribution in [0.5, 0.6) is 0 Å². The summed E-state index contributed by atoms with van der Waals surface area (Å²) in [5.41, 5.74) is 1.06. The highest BCUT2D eigenvalue weighted by atomic mass is 79.9. The molecular weight excluding hydrogens is 292 g/mol. The van der Waals surface area contributed by atoms with Crippen LogP contribution in [0.2, 0.25) is 0 Å². The molecule has 0 fully saturated rings. The van der Waals surface area contributed by atoms with E-state index in [1.54, 1.807) is 15.9 Å². The van der Waals surface area contributed by atoms with Crippen molar-refractivity contribution in [1.82, 2.24) is 14.6 Å². The van der Waals surface area contributed by atoms with E-state index in [-0.39, 0.29) is 5.91 Å². The van der Waals surface area contributed by atoms with Crippen LogP contribution in [0.25, 0.3) is 4.96 Å². The zero-order chi connectivity index (χ0) is 11.7. The highest BCUT2D eigenvalue weighted by molar-refractivity contribution is 9.09. The first-order valence-electron chi connectivity index (χ1n) is 4.80. The van der Waals surface area contributed by atoms with Gasteiger partial charge in [-0.2, -0.15) is 4.98 Å². The maximum atomic E-state index is 11.3. The van der Waals surface area contributed by atoms with Crippen LogP contribution < -0.4 is 5.32 Å². The smallest absolute Gasteiger partial charge is 0.250 e. The fourth-order valence-electron chi connectivity index (χ4n) is 1.27. The second-order valence-electron chi connectivity index (χ2n) is 3.36. The maximum absolute atomic E-state index is 11.3. The highest BCUT2D eigenvalue weighted by Gasteiger charge is 2.11. The minimum atomic E-state index is -0.0792. The second kappa shape index (κ2) is 4.50. The normalized spacial score (nSPS) is 10.9. The zero-order valence-corrected chi connectivity index (χ0v) is 11.4. The first-order chi connectivity index (χ1) is 7.61. The van der Waals surface area contributed by atoms with E-state index in [1.807, 2.05) is 13.8 Å². The molecule has 0 aliphatic rings. The molecule has 7 heteroatoms. The van der Waals surface area contributed by atoms with E-state index in [4.69, 9.17) is 0 Å². The van der Waals surface area contributed by atoms with Gasteiger partial charge in [0, 0.05) is 16.6 Å². The summed E-state index contributed by atoms with van der Waals surface area (Å²) < 4.78 is 1.75.